The van der Waals surface area contributed by atoms with Crippen molar-refractivity contribution in [3.63, 3.8) is 0 Å². The average molecular weight is 339 g/mol. The van der Waals surface area contributed by atoms with E-state index in [9.17, 15) is 4.39 Å². The van der Waals surface area contributed by atoms with Crippen LogP contribution in [0.3, 0.4) is 0 Å². The maximum atomic E-state index is 13.3. The summed E-state index contributed by atoms with van der Waals surface area (Å²) in [5.41, 5.74) is 5.36. The minimum absolute atomic E-state index is 0.294. The highest BCUT2D eigenvalue weighted by atomic mass is 19.1. The summed E-state index contributed by atoms with van der Waals surface area (Å²) in [7, 11) is 0. The van der Waals surface area contributed by atoms with Gasteiger partial charge in [-0.25, -0.2) is 4.39 Å². The number of benzene rings is 2. The van der Waals surface area contributed by atoms with Gasteiger partial charge in [-0.05, 0) is 43.2 Å². The molecule has 1 aliphatic rings. The van der Waals surface area contributed by atoms with Gasteiger partial charge in [0.05, 0.1) is 0 Å². The summed E-state index contributed by atoms with van der Waals surface area (Å²) >= 11 is 0. The molecule has 3 aromatic rings. The van der Waals surface area contributed by atoms with Crippen molar-refractivity contribution >= 4 is 16.7 Å². The molecule has 1 aromatic heterocycles. The normalized spacial score (nSPS) is 15.9. The maximum absolute atomic E-state index is 13.3. The van der Waals surface area contributed by atoms with E-state index in [1.807, 2.05) is 0 Å². The van der Waals surface area contributed by atoms with E-state index in [0.29, 0.717) is 5.58 Å². The molecule has 1 saturated heterocycles. The molecule has 0 spiro atoms. The molecule has 0 N–H and O–H groups in total. The Morgan fingerprint density at radius 3 is 2.64 bits per heavy atom. The van der Waals surface area contributed by atoms with Crippen molar-refractivity contribution in [3.8, 4) is 0 Å². The molecule has 4 rings (SSSR count). The van der Waals surface area contributed by atoms with Crippen LogP contribution < -0.4 is 4.90 Å². The first-order valence-electron chi connectivity index (χ1n) is 8.68. The van der Waals surface area contributed by atoms with Crippen molar-refractivity contribution < 1.29 is 8.91 Å². The molecule has 0 aliphatic carbocycles. The third-order valence-corrected chi connectivity index (χ3v) is 4.96. The average Bonchev–Trinajstić information content (AvgIpc) is 3.00. The molecule has 0 radical (unpaired) electrons. The van der Waals surface area contributed by atoms with E-state index >= 15 is 0 Å². The number of fused-ring (bicyclic) bond motifs is 1. The van der Waals surface area contributed by atoms with Crippen molar-refractivity contribution in [1.29, 1.82) is 0 Å². The zero-order valence-electron chi connectivity index (χ0n) is 14.6. The van der Waals surface area contributed by atoms with E-state index in [-0.39, 0.29) is 5.82 Å². The number of hydrogen-bond acceptors (Lipinski definition) is 4. The summed E-state index contributed by atoms with van der Waals surface area (Å²) < 4.78 is 18.5. The van der Waals surface area contributed by atoms with Gasteiger partial charge >= 0.3 is 0 Å². The Morgan fingerprint density at radius 2 is 1.84 bits per heavy atom. The lowest BCUT2D eigenvalue weighted by atomic mass is 10.1. The number of piperazine rings is 1. The number of halogens is 1. The van der Waals surface area contributed by atoms with Crippen molar-refractivity contribution in [2.75, 3.05) is 31.1 Å². The highest BCUT2D eigenvalue weighted by molar-refractivity contribution is 5.79. The van der Waals surface area contributed by atoms with Crippen molar-refractivity contribution in [3.05, 3.63) is 59.0 Å². The molecule has 2 heterocycles. The van der Waals surface area contributed by atoms with Gasteiger partial charge in [-0.1, -0.05) is 17.3 Å². The van der Waals surface area contributed by atoms with Gasteiger partial charge in [-0.2, -0.15) is 0 Å². The zero-order valence-corrected chi connectivity index (χ0v) is 14.6. The number of hydrogen-bond donors (Lipinski definition) is 0. The van der Waals surface area contributed by atoms with Crippen LogP contribution in [-0.2, 0) is 6.54 Å². The summed E-state index contributed by atoms with van der Waals surface area (Å²) in [5.74, 6) is -0.294. The van der Waals surface area contributed by atoms with Crippen LogP contribution >= 0.6 is 0 Å². The standard InChI is InChI=1S/C20H22FN3O/c1-14-3-4-15(2)19(11-14)24-9-7-23(8-10-24)13-18-17-6-5-16(21)12-20(17)25-22-18/h3-6,11-12H,7-10,13H2,1-2H3. The molecule has 0 saturated carbocycles. The lowest BCUT2D eigenvalue weighted by Gasteiger charge is -2.36. The zero-order chi connectivity index (χ0) is 17.4. The van der Waals surface area contributed by atoms with Crippen LogP contribution in [0.15, 0.2) is 40.9 Å². The van der Waals surface area contributed by atoms with Gasteiger partial charge in [0.25, 0.3) is 0 Å². The Bertz CT molecular complexity index is 897. The summed E-state index contributed by atoms with van der Waals surface area (Å²) in [6, 6.07) is 11.2. The van der Waals surface area contributed by atoms with Crippen molar-refractivity contribution in [2.45, 2.75) is 20.4 Å². The quantitative estimate of drug-likeness (QED) is 0.724. The Morgan fingerprint density at radius 1 is 1.04 bits per heavy atom. The smallest absolute Gasteiger partial charge is 0.170 e. The first kappa shape index (κ1) is 16.1. The molecule has 0 bridgehead atoms. The maximum Gasteiger partial charge on any atom is 0.170 e. The van der Waals surface area contributed by atoms with Gasteiger partial charge in [0.15, 0.2) is 5.58 Å². The third-order valence-electron chi connectivity index (χ3n) is 4.96. The molecule has 2 aromatic carbocycles. The Labute approximate surface area is 146 Å². The van der Waals surface area contributed by atoms with Crippen LogP contribution in [0.25, 0.3) is 11.0 Å². The lowest BCUT2D eigenvalue weighted by molar-refractivity contribution is 0.243. The van der Waals surface area contributed by atoms with E-state index in [2.05, 4.69) is 47.0 Å². The first-order valence-corrected chi connectivity index (χ1v) is 8.68. The first-order chi connectivity index (χ1) is 12.1. The molecule has 1 fully saturated rings. The van der Waals surface area contributed by atoms with Gasteiger partial charge in [0.2, 0.25) is 0 Å². The predicted octanol–water partition coefficient (Wildman–Crippen LogP) is 3.91. The van der Waals surface area contributed by atoms with Gasteiger partial charge in [-0.3, -0.25) is 4.90 Å². The van der Waals surface area contributed by atoms with Crippen LogP contribution in [0.2, 0.25) is 0 Å². The van der Waals surface area contributed by atoms with E-state index < -0.39 is 0 Å². The van der Waals surface area contributed by atoms with Crippen LogP contribution in [0.5, 0.6) is 0 Å². The molecule has 5 heteroatoms. The SMILES string of the molecule is Cc1ccc(C)c(N2CCN(Cc3noc4cc(F)ccc34)CC2)c1. The second-order valence-corrected chi connectivity index (χ2v) is 6.82. The van der Waals surface area contributed by atoms with Gasteiger partial charge in [0.1, 0.15) is 11.5 Å². The molecule has 1 aliphatic heterocycles. The molecular formula is C20H22FN3O. The molecular weight excluding hydrogens is 317 g/mol. The summed E-state index contributed by atoms with van der Waals surface area (Å²) in [5, 5.41) is 5.04. The number of aromatic nitrogens is 1. The summed E-state index contributed by atoms with van der Waals surface area (Å²) in [4.78, 5) is 4.83. The van der Waals surface area contributed by atoms with E-state index in [4.69, 9.17) is 4.52 Å². The minimum atomic E-state index is -0.294. The highest BCUT2D eigenvalue weighted by Gasteiger charge is 2.20. The second kappa shape index (κ2) is 6.48. The topological polar surface area (TPSA) is 32.5 Å². The fourth-order valence-electron chi connectivity index (χ4n) is 3.50. The Kier molecular flexibility index (Phi) is 4.17. The van der Waals surface area contributed by atoms with Crippen molar-refractivity contribution in [1.82, 2.24) is 10.1 Å². The van der Waals surface area contributed by atoms with Crippen molar-refractivity contribution in [2.24, 2.45) is 0 Å². The summed E-state index contributed by atoms with van der Waals surface area (Å²) in [6.45, 7) is 8.98. The molecule has 130 valence electrons. The van der Waals surface area contributed by atoms with Gasteiger partial charge in [-0.15, -0.1) is 0 Å². The Balaban J connectivity index is 1.44. The largest absolute Gasteiger partial charge is 0.369 e. The Hall–Kier alpha value is -2.40. The minimum Gasteiger partial charge on any atom is -0.369 e. The molecule has 4 nitrogen and oxygen atoms in total. The lowest BCUT2D eigenvalue weighted by Crippen LogP contribution is -2.46. The molecule has 25 heavy (non-hydrogen) atoms. The second-order valence-electron chi connectivity index (χ2n) is 6.82. The van der Waals surface area contributed by atoms with Gasteiger partial charge < -0.3 is 9.42 Å². The molecule has 0 amide bonds. The van der Waals surface area contributed by atoms with Crippen LogP contribution in [0, 0.1) is 19.7 Å². The number of rotatable bonds is 3. The third kappa shape index (κ3) is 3.24. The van der Waals surface area contributed by atoms with Crippen LogP contribution in [0.4, 0.5) is 10.1 Å². The highest BCUT2D eigenvalue weighted by Crippen LogP contribution is 2.24. The van der Waals surface area contributed by atoms with E-state index in [0.717, 1.165) is 43.8 Å². The van der Waals surface area contributed by atoms with Crippen LogP contribution in [-0.4, -0.2) is 36.2 Å². The van der Waals surface area contributed by atoms with Gasteiger partial charge in [0, 0.05) is 49.9 Å². The van der Waals surface area contributed by atoms with E-state index in [1.54, 1.807) is 6.07 Å². The predicted molar refractivity (Wildman–Crippen MR) is 97.4 cm³/mol. The summed E-state index contributed by atoms with van der Waals surface area (Å²) in [6.07, 6.45) is 0. The van der Waals surface area contributed by atoms with E-state index in [1.165, 1.54) is 28.9 Å². The molecule has 0 atom stereocenters. The fraction of sp³-hybridized carbons (Fsp3) is 0.350. The number of aryl methyl sites for hydroxylation is 2. The monoisotopic (exact) mass is 339 g/mol. The number of anilines is 1. The number of nitrogens with zero attached hydrogens (tertiary/aromatic N) is 3. The fourth-order valence-corrected chi connectivity index (χ4v) is 3.50. The van der Waals surface area contributed by atoms with Crippen LogP contribution in [0.1, 0.15) is 16.8 Å². The molecule has 0 unspecified atom stereocenters.